The highest BCUT2D eigenvalue weighted by molar-refractivity contribution is 5.20. The highest BCUT2D eigenvalue weighted by Crippen LogP contribution is 2.16. The number of rotatable bonds is 9. The third kappa shape index (κ3) is 5.75. The lowest BCUT2D eigenvalue weighted by Crippen LogP contribution is -2.31. The summed E-state index contributed by atoms with van der Waals surface area (Å²) in [6.45, 7) is 8.04. The molecule has 104 valence electrons. The van der Waals surface area contributed by atoms with Crippen LogP contribution in [-0.2, 0) is 0 Å². The topological polar surface area (TPSA) is 3.24 Å². The first-order valence-corrected chi connectivity index (χ1v) is 7.86. The Morgan fingerprint density at radius 3 is 2.28 bits per heavy atom. The van der Waals surface area contributed by atoms with Gasteiger partial charge in [-0.25, -0.2) is 0 Å². The predicted molar refractivity (Wildman–Crippen MR) is 81.7 cm³/mol. The van der Waals surface area contributed by atoms with E-state index in [9.17, 15) is 0 Å². The summed E-state index contributed by atoms with van der Waals surface area (Å²) in [5.74, 6) is 0. The number of unbranched alkanes of at least 4 members (excludes halogenated alkanes) is 7. The van der Waals surface area contributed by atoms with E-state index in [2.05, 4.69) is 44.0 Å². The Hall–Kier alpha value is -0.720. The maximum atomic E-state index is 2.48. The van der Waals surface area contributed by atoms with Crippen molar-refractivity contribution in [2.75, 3.05) is 6.54 Å². The molecule has 0 saturated heterocycles. The van der Waals surface area contributed by atoms with E-state index < -0.39 is 0 Å². The van der Waals surface area contributed by atoms with Gasteiger partial charge in [0.15, 0.2) is 0 Å². The van der Waals surface area contributed by atoms with Gasteiger partial charge in [0.05, 0.1) is 0 Å². The lowest BCUT2D eigenvalue weighted by atomic mass is 10.0. The zero-order valence-corrected chi connectivity index (χ0v) is 12.6. The van der Waals surface area contributed by atoms with Crippen molar-refractivity contribution < 1.29 is 0 Å². The van der Waals surface area contributed by atoms with Gasteiger partial charge < -0.3 is 4.90 Å². The summed E-state index contributed by atoms with van der Waals surface area (Å²) < 4.78 is 0. The van der Waals surface area contributed by atoms with Crippen LogP contribution < -0.4 is 0 Å². The zero-order chi connectivity index (χ0) is 13.2. The minimum Gasteiger partial charge on any atom is -0.371 e. The van der Waals surface area contributed by atoms with Crippen molar-refractivity contribution >= 4 is 0 Å². The number of hydrogen-bond acceptors (Lipinski definition) is 1. The molecule has 1 heteroatoms. The largest absolute Gasteiger partial charge is 0.371 e. The molecule has 0 radical (unpaired) electrons. The molecular weight excluding hydrogens is 218 g/mol. The third-order valence-electron chi connectivity index (χ3n) is 4.06. The molecule has 0 bridgehead atoms. The fraction of sp³-hybridized carbons (Fsp3) is 0.765. The van der Waals surface area contributed by atoms with E-state index in [1.807, 2.05) is 0 Å². The molecule has 0 fully saturated rings. The molecule has 0 spiro atoms. The van der Waals surface area contributed by atoms with E-state index in [1.165, 1.54) is 63.5 Å². The Morgan fingerprint density at radius 2 is 1.61 bits per heavy atom. The first-order valence-electron chi connectivity index (χ1n) is 7.86. The van der Waals surface area contributed by atoms with Crippen molar-refractivity contribution in [3.63, 3.8) is 0 Å². The molecule has 1 aliphatic heterocycles. The normalized spacial score (nSPS) is 19.2. The quantitative estimate of drug-likeness (QED) is 0.502. The van der Waals surface area contributed by atoms with Crippen molar-refractivity contribution in [1.82, 2.24) is 4.90 Å². The smallest absolute Gasteiger partial charge is 0.0468 e. The lowest BCUT2D eigenvalue weighted by molar-refractivity contribution is 0.311. The van der Waals surface area contributed by atoms with Gasteiger partial charge in [-0.05, 0) is 32.5 Å². The molecule has 0 aromatic carbocycles. The van der Waals surface area contributed by atoms with Crippen molar-refractivity contribution in [3.05, 3.63) is 23.9 Å². The molecule has 18 heavy (non-hydrogen) atoms. The molecule has 1 nitrogen and oxygen atoms in total. The summed E-state index contributed by atoms with van der Waals surface area (Å²) in [6, 6.07) is 0.597. The summed E-state index contributed by atoms with van der Waals surface area (Å²) >= 11 is 0. The van der Waals surface area contributed by atoms with Gasteiger partial charge >= 0.3 is 0 Å². The van der Waals surface area contributed by atoms with Gasteiger partial charge in [0.2, 0.25) is 0 Å². The minimum atomic E-state index is 0.597. The third-order valence-corrected chi connectivity index (χ3v) is 4.06. The van der Waals surface area contributed by atoms with Crippen molar-refractivity contribution in [2.24, 2.45) is 0 Å². The van der Waals surface area contributed by atoms with E-state index in [0.29, 0.717) is 6.04 Å². The van der Waals surface area contributed by atoms with Crippen LogP contribution in [0.15, 0.2) is 23.9 Å². The Morgan fingerprint density at radius 1 is 1.00 bits per heavy atom. The molecule has 0 saturated carbocycles. The summed E-state index contributed by atoms with van der Waals surface area (Å²) in [7, 11) is 0. The van der Waals surface area contributed by atoms with Gasteiger partial charge in [0.1, 0.15) is 0 Å². The monoisotopic (exact) mass is 249 g/mol. The number of hydrogen-bond donors (Lipinski definition) is 0. The van der Waals surface area contributed by atoms with Crippen LogP contribution in [0.3, 0.4) is 0 Å². The molecule has 0 aromatic heterocycles. The minimum absolute atomic E-state index is 0.597. The van der Waals surface area contributed by atoms with Crippen LogP contribution in [0.4, 0.5) is 0 Å². The zero-order valence-electron chi connectivity index (χ0n) is 12.6. The molecule has 1 aliphatic rings. The van der Waals surface area contributed by atoms with Crippen LogP contribution in [-0.4, -0.2) is 17.5 Å². The highest BCUT2D eigenvalue weighted by atomic mass is 15.1. The average Bonchev–Trinajstić information content (AvgIpc) is 2.37. The highest BCUT2D eigenvalue weighted by Gasteiger charge is 2.13. The fourth-order valence-electron chi connectivity index (χ4n) is 2.53. The molecule has 1 atom stereocenters. The van der Waals surface area contributed by atoms with Crippen molar-refractivity contribution in [3.8, 4) is 0 Å². The van der Waals surface area contributed by atoms with Gasteiger partial charge in [-0.1, -0.05) is 63.5 Å². The second-order valence-corrected chi connectivity index (χ2v) is 5.64. The predicted octanol–water partition coefficient (Wildman–Crippen LogP) is 5.29. The number of allylic oxidation sites excluding steroid dienone is 2. The lowest BCUT2D eigenvalue weighted by Gasteiger charge is -2.30. The molecule has 1 rings (SSSR count). The van der Waals surface area contributed by atoms with Gasteiger partial charge in [-0.2, -0.15) is 0 Å². The Kier molecular flexibility index (Phi) is 7.88. The second-order valence-electron chi connectivity index (χ2n) is 5.64. The van der Waals surface area contributed by atoms with Crippen LogP contribution in [0.25, 0.3) is 0 Å². The Labute approximate surface area is 114 Å². The molecule has 0 N–H and O–H groups in total. The Balaban J connectivity index is 1.98. The van der Waals surface area contributed by atoms with Crippen LogP contribution >= 0.6 is 0 Å². The molecule has 0 aliphatic carbocycles. The first-order chi connectivity index (χ1) is 8.75. The molecular formula is C17H31N. The van der Waals surface area contributed by atoms with E-state index >= 15 is 0 Å². The maximum absolute atomic E-state index is 2.48. The average molecular weight is 249 g/mol. The Bertz CT molecular complexity index is 265. The van der Waals surface area contributed by atoms with Gasteiger partial charge in [0, 0.05) is 12.6 Å². The molecule has 1 unspecified atom stereocenters. The van der Waals surface area contributed by atoms with Crippen molar-refractivity contribution in [2.45, 2.75) is 78.2 Å². The summed E-state index contributed by atoms with van der Waals surface area (Å²) in [6.07, 6.45) is 17.9. The molecule has 0 amide bonds. The van der Waals surface area contributed by atoms with E-state index in [4.69, 9.17) is 0 Å². The van der Waals surface area contributed by atoms with Crippen molar-refractivity contribution in [1.29, 1.82) is 0 Å². The van der Waals surface area contributed by atoms with Gasteiger partial charge in [-0.3, -0.25) is 0 Å². The number of nitrogens with zero attached hydrogens (tertiary/aromatic N) is 1. The SMILES string of the molecule is CCCCCCCCCCN1C=CC=C(C)C1C. The van der Waals surface area contributed by atoms with E-state index in [0.717, 1.165) is 0 Å². The van der Waals surface area contributed by atoms with E-state index in [1.54, 1.807) is 0 Å². The van der Waals surface area contributed by atoms with Crippen LogP contribution in [0, 0.1) is 0 Å². The van der Waals surface area contributed by atoms with Gasteiger partial charge in [0.25, 0.3) is 0 Å². The maximum Gasteiger partial charge on any atom is 0.0468 e. The fourth-order valence-corrected chi connectivity index (χ4v) is 2.53. The van der Waals surface area contributed by atoms with Crippen LogP contribution in [0.2, 0.25) is 0 Å². The first kappa shape index (κ1) is 15.3. The standard InChI is InChI=1S/C17H31N/c1-4-5-6-7-8-9-10-11-14-18-15-12-13-16(2)17(18)3/h12-13,15,17H,4-11,14H2,1-3H3. The van der Waals surface area contributed by atoms with Gasteiger partial charge in [-0.15, -0.1) is 0 Å². The summed E-state index contributed by atoms with van der Waals surface area (Å²) in [5, 5.41) is 0. The second kappa shape index (κ2) is 9.24. The van der Waals surface area contributed by atoms with Crippen LogP contribution in [0.1, 0.15) is 72.1 Å². The van der Waals surface area contributed by atoms with Crippen LogP contribution in [0.5, 0.6) is 0 Å². The van der Waals surface area contributed by atoms with E-state index in [-0.39, 0.29) is 0 Å². The summed E-state index contributed by atoms with van der Waals surface area (Å²) in [5.41, 5.74) is 1.48. The molecule has 1 heterocycles. The molecule has 0 aromatic rings. The summed E-state index contributed by atoms with van der Waals surface area (Å²) in [4.78, 5) is 2.48.